The molecule has 0 aliphatic rings. The van der Waals surface area contributed by atoms with Gasteiger partial charge in [-0.2, -0.15) is 0 Å². The maximum absolute atomic E-state index is 7.75. The molecule has 0 saturated heterocycles. The van der Waals surface area contributed by atoms with Crippen molar-refractivity contribution in [3.8, 4) is 0 Å². The third-order valence-electron chi connectivity index (χ3n) is 0. The van der Waals surface area contributed by atoms with E-state index in [1.54, 1.807) is 0 Å². The Morgan fingerprint density at radius 3 is 1.25 bits per heavy atom. The summed E-state index contributed by atoms with van der Waals surface area (Å²) in [5, 5.41) is 12.0. The number of hydrogen-bond acceptors (Lipinski definition) is 3. The van der Waals surface area contributed by atoms with Crippen LogP contribution < -0.4 is 0 Å². The van der Waals surface area contributed by atoms with Gasteiger partial charge in [0.05, 0.1) is 0 Å². The molecule has 0 heterocycles. The molecular formula is H2BO3. The molecule has 0 rings (SSSR count). The molecule has 3 nitrogen and oxygen atoms in total. The minimum atomic E-state index is 3.25. The molecule has 0 aromatic heterocycles. The molecule has 2 N–H and O–H groups in total. The van der Waals surface area contributed by atoms with Crippen LogP contribution in [-0.4, -0.2) is 18.2 Å². The first-order valence-electron chi connectivity index (χ1n) is 0.436. The summed E-state index contributed by atoms with van der Waals surface area (Å²) in [5.74, 6) is 0. The first-order chi connectivity index (χ1) is 2.00. The van der Waals surface area contributed by atoms with E-state index in [4.69, 9.17) is 15.2 Å². The molecule has 0 unspecified atom stereocenters. The molecule has 0 aliphatic carbocycles. The second kappa shape index (κ2) is 192. The maximum atomic E-state index is 7.75. The Balaban J connectivity index is 0. The van der Waals surface area contributed by atoms with Crippen LogP contribution >= 0.6 is 0 Å². The zero-order chi connectivity index (χ0) is 4.00. The third kappa shape index (κ3) is 23.8. The van der Waals surface area contributed by atoms with E-state index in [1.165, 1.54) is 0 Å². The molecule has 1 radical (unpaired) electrons. The normalized spacial score (nSPS) is 2.25. The monoisotopic (exact) mass is 61.0 g/mol. The van der Waals surface area contributed by atoms with E-state index < -0.39 is 0 Å². The number of hydrogen-bond donors (Lipinski definition) is 2. The molecule has 0 aromatic rings. The molecule has 0 fully saturated rings. The van der Waals surface area contributed by atoms with Crippen molar-refractivity contribution in [2.45, 2.75) is 0 Å². The van der Waals surface area contributed by atoms with Crippen LogP contribution in [0.5, 0.6) is 0 Å². The van der Waals surface area contributed by atoms with Crippen LogP contribution in [0.1, 0.15) is 0 Å². The van der Waals surface area contributed by atoms with Gasteiger partial charge in [-0.1, -0.05) is 0 Å². The molecule has 0 spiro atoms. The van der Waals surface area contributed by atoms with Gasteiger partial charge in [0.15, 0.2) is 0 Å². The summed E-state index contributed by atoms with van der Waals surface area (Å²) in [4.78, 5) is 0. The molecular weight excluding hydrogens is 58.8 g/mol. The molecule has 23 valence electrons. The second-order valence-electron chi connectivity index (χ2n) is 0. The summed E-state index contributed by atoms with van der Waals surface area (Å²) in [6.07, 6.45) is 0. The van der Waals surface area contributed by atoms with Gasteiger partial charge < -0.3 is 0 Å². The van der Waals surface area contributed by atoms with Crippen molar-refractivity contribution in [2.75, 3.05) is 0 Å². The first kappa shape index (κ1) is 9.21. The van der Waals surface area contributed by atoms with Crippen LogP contribution in [0.2, 0.25) is 0 Å². The van der Waals surface area contributed by atoms with Gasteiger partial charge in [0.25, 0.3) is 0 Å². The van der Waals surface area contributed by atoms with Gasteiger partial charge in [0.1, 0.15) is 0 Å². The molecule has 0 bridgehead atoms. The van der Waals surface area contributed by atoms with Gasteiger partial charge in [0.2, 0.25) is 0 Å². The Morgan fingerprint density at radius 2 is 1.25 bits per heavy atom. The molecule has 4 heavy (non-hydrogen) atoms. The van der Waals surface area contributed by atoms with Crippen molar-refractivity contribution < 1.29 is 15.2 Å². The van der Waals surface area contributed by atoms with Gasteiger partial charge >= 0.3 is 12.4 Å². The fourth-order valence-electron chi connectivity index (χ4n) is 0. The molecule has 0 atom stereocenters. The summed E-state index contributed by atoms with van der Waals surface area (Å²) < 4.78 is 7.75. The SMILES string of the molecule is OO.[B]=O. The molecule has 0 aromatic carbocycles. The standard InChI is InChI=1S/BO.H2O2/c2*1-2/h;1-2H. The van der Waals surface area contributed by atoms with E-state index in [-0.39, 0.29) is 0 Å². The second-order valence-corrected chi connectivity index (χ2v) is 0. The summed E-state index contributed by atoms with van der Waals surface area (Å²) >= 11 is 0. The van der Waals surface area contributed by atoms with Crippen molar-refractivity contribution in [2.24, 2.45) is 0 Å². The average molecular weight is 60.8 g/mol. The average Bonchev–Trinajstić information content (AvgIpc) is 1.50. The van der Waals surface area contributed by atoms with Gasteiger partial charge in [-0.3, -0.25) is 10.5 Å². The molecule has 0 amide bonds. The van der Waals surface area contributed by atoms with Gasteiger partial charge in [-0.25, -0.2) is 0 Å². The third-order valence-corrected chi connectivity index (χ3v) is 0. The van der Waals surface area contributed by atoms with E-state index >= 15 is 0 Å². The van der Waals surface area contributed by atoms with Crippen molar-refractivity contribution >= 4 is 7.72 Å². The van der Waals surface area contributed by atoms with Crippen LogP contribution in [-0.2, 0) is 4.70 Å². The van der Waals surface area contributed by atoms with E-state index in [2.05, 4.69) is 7.72 Å². The molecule has 0 aliphatic heterocycles. The van der Waals surface area contributed by atoms with Crippen molar-refractivity contribution in [3.63, 3.8) is 0 Å². The predicted octanol–water partition coefficient (Wildman–Crippen LogP) is -0.482. The fraction of sp³-hybridized carbons (Fsp3) is 0. The fourth-order valence-corrected chi connectivity index (χ4v) is 0. The Kier molecular flexibility index (Phi) is 442. The summed E-state index contributed by atoms with van der Waals surface area (Å²) in [6, 6.07) is 0. The number of rotatable bonds is 0. The van der Waals surface area contributed by atoms with E-state index in [1.807, 2.05) is 0 Å². The van der Waals surface area contributed by atoms with Crippen LogP contribution in [0.3, 0.4) is 0 Å². The van der Waals surface area contributed by atoms with Gasteiger partial charge in [0, 0.05) is 0 Å². The van der Waals surface area contributed by atoms with Crippen molar-refractivity contribution in [3.05, 3.63) is 0 Å². The van der Waals surface area contributed by atoms with Gasteiger partial charge in [-0.15, -0.1) is 0 Å². The van der Waals surface area contributed by atoms with Crippen LogP contribution in [0.25, 0.3) is 0 Å². The van der Waals surface area contributed by atoms with Crippen molar-refractivity contribution in [1.29, 1.82) is 0 Å². The van der Waals surface area contributed by atoms with Gasteiger partial charge in [-0.05, 0) is 0 Å². The van der Waals surface area contributed by atoms with E-state index in [0.29, 0.717) is 0 Å². The zero-order valence-electron chi connectivity index (χ0n) is 1.88. The Bertz CT molecular complexity index is 3.25. The van der Waals surface area contributed by atoms with Crippen LogP contribution in [0, 0.1) is 0 Å². The topological polar surface area (TPSA) is 57.5 Å². The Hall–Kier alpha value is -0.215. The summed E-state index contributed by atoms with van der Waals surface area (Å²) in [6.45, 7) is 0. The molecule has 4 heteroatoms. The Morgan fingerprint density at radius 1 is 1.25 bits per heavy atom. The van der Waals surface area contributed by atoms with E-state index in [9.17, 15) is 0 Å². The Labute approximate surface area is 24.2 Å². The minimum absolute atomic E-state index is 3.25. The predicted molar refractivity (Wildman–Crippen MR) is 11.7 cm³/mol. The zero-order valence-corrected chi connectivity index (χ0v) is 1.88. The van der Waals surface area contributed by atoms with Crippen LogP contribution in [0.15, 0.2) is 0 Å². The van der Waals surface area contributed by atoms with Crippen LogP contribution in [0.4, 0.5) is 0 Å². The quantitative estimate of drug-likeness (QED) is 0.226. The van der Waals surface area contributed by atoms with Crippen molar-refractivity contribution in [1.82, 2.24) is 0 Å². The molecule has 0 saturated carbocycles. The summed E-state index contributed by atoms with van der Waals surface area (Å²) in [7, 11) is 3.25. The summed E-state index contributed by atoms with van der Waals surface area (Å²) in [5.41, 5.74) is 0. The van der Waals surface area contributed by atoms with E-state index in [0.717, 1.165) is 0 Å². The first-order valence-corrected chi connectivity index (χ1v) is 0.436.